The summed E-state index contributed by atoms with van der Waals surface area (Å²) in [4.78, 5) is 16.7. The van der Waals surface area contributed by atoms with E-state index >= 15 is 0 Å². The SMILES string of the molecule is Cc1nc(COc2cccc(C(=O)N[C@H]3CCCNC3)c2)cs1. The van der Waals surface area contributed by atoms with Crippen molar-refractivity contribution in [2.45, 2.75) is 32.4 Å². The van der Waals surface area contributed by atoms with Crippen LogP contribution in [0.3, 0.4) is 0 Å². The number of nitrogens with one attached hydrogen (secondary N) is 2. The zero-order valence-electron chi connectivity index (χ0n) is 13.2. The third-order valence-electron chi connectivity index (χ3n) is 3.78. The second-order valence-electron chi connectivity index (χ2n) is 5.69. The predicted octanol–water partition coefficient (Wildman–Crippen LogP) is 2.51. The standard InChI is InChI=1S/C17H21N3O2S/c1-12-19-15(11-23-12)10-22-16-6-2-4-13(8-16)17(21)20-14-5-3-7-18-9-14/h2,4,6,8,11,14,18H,3,5,7,9-10H2,1H3,(H,20,21)/t14-/m0/s1. The normalized spacial score (nSPS) is 17.7. The first-order valence-electron chi connectivity index (χ1n) is 7.86. The maximum absolute atomic E-state index is 12.3. The minimum absolute atomic E-state index is 0.0475. The fraction of sp³-hybridized carbons (Fsp3) is 0.412. The average Bonchev–Trinajstić information content (AvgIpc) is 3.00. The van der Waals surface area contributed by atoms with E-state index in [2.05, 4.69) is 15.6 Å². The maximum Gasteiger partial charge on any atom is 0.251 e. The molecule has 1 aromatic heterocycles. The van der Waals surface area contributed by atoms with Crippen molar-refractivity contribution in [1.82, 2.24) is 15.6 Å². The van der Waals surface area contributed by atoms with Crippen LogP contribution in [0.1, 0.15) is 33.9 Å². The number of nitrogens with zero attached hydrogens (tertiary/aromatic N) is 1. The first-order valence-corrected chi connectivity index (χ1v) is 8.74. The van der Waals surface area contributed by atoms with E-state index < -0.39 is 0 Å². The number of ether oxygens (including phenoxy) is 1. The summed E-state index contributed by atoms with van der Waals surface area (Å²) in [6.45, 7) is 4.26. The Morgan fingerprint density at radius 2 is 2.43 bits per heavy atom. The van der Waals surface area contributed by atoms with Gasteiger partial charge in [0.2, 0.25) is 0 Å². The van der Waals surface area contributed by atoms with Crippen LogP contribution in [0.2, 0.25) is 0 Å². The molecule has 0 bridgehead atoms. The van der Waals surface area contributed by atoms with E-state index in [4.69, 9.17) is 4.74 Å². The van der Waals surface area contributed by atoms with Gasteiger partial charge in [0.1, 0.15) is 12.4 Å². The minimum Gasteiger partial charge on any atom is -0.487 e. The van der Waals surface area contributed by atoms with Crippen molar-refractivity contribution >= 4 is 17.2 Å². The third kappa shape index (κ3) is 4.53. The number of piperidine rings is 1. The molecule has 0 saturated carbocycles. The molecular formula is C17H21N3O2S. The Labute approximate surface area is 140 Å². The van der Waals surface area contributed by atoms with Gasteiger partial charge >= 0.3 is 0 Å². The van der Waals surface area contributed by atoms with Crippen molar-refractivity contribution in [3.63, 3.8) is 0 Å². The molecule has 0 unspecified atom stereocenters. The van der Waals surface area contributed by atoms with Gasteiger partial charge in [-0.3, -0.25) is 4.79 Å². The molecule has 23 heavy (non-hydrogen) atoms. The quantitative estimate of drug-likeness (QED) is 0.884. The molecule has 122 valence electrons. The Bertz CT molecular complexity index is 665. The number of carbonyl (C=O) groups excluding carboxylic acids is 1. The maximum atomic E-state index is 12.3. The fourth-order valence-corrected chi connectivity index (χ4v) is 3.20. The molecule has 0 radical (unpaired) electrons. The van der Waals surface area contributed by atoms with Crippen molar-refractivity contribution < 1.29 is 9.53 Å². The van der Waals surface area contributed by atoms with Gasteiger partial charge in [0.05, 0.1) is 10.7 Å². The lowest BCUT2D eigenvalue weighted by Crippen LogP contribution is -2.45. The molecule has 2 heterocycles. The van der Waals surface area contributed by atoms with Gasteiger partial charge in [0.15, 0.2) is 0 Å². The molecule has 5 nitrogen and oxygen atoms in total. The molecule has 1 aliphatic rings. The molecule has 2 aromatic rings. The van der Waals surface area contributed by atoms with Crippen molar-refractivity contribution in [2.24, 2.45) is 0 Å². The van der Waals surface area contributed by atoms with Gasteiger partial charge in [0, 0.05) is 23.5 Å². The molecule has 1 aromatic carbocycles. The van der Waals surface area contributed by atoms with Crippen LogP contribution in [-0.4, -0.2) is 30.0 Å². The van der Waals surface area contributed by atoms with Crippen LogP contribution in [0.15, 0.2) is 29.6 Å². The largest absolute Gasteiger partial charge is 0.487 e. The van der Waals surface area contributed by atoms with E-state index in [1.165, 1.54) is 0 Å². The summed E-state index contributed by atoms with van der Waals surface area (Å²) < 4.78 is 5.74. The number of aryl methyl sites for hydroxylation is 1. The van der Waals surface area contributed by atoms with E-state index in [1.54, 1.807) is 17.4 Å². The van der Waals surface area contributed by atoms with Crippen molar-refractivity contribution in [3.05, 3.63) is 45.9 Å². The van der Waals surface area contributed by atoms with Crippen molar-refractivity contribution in [2.75, 3.05) is 13.1 Å². The number of carbonyl (C=O) groups is 1. The summed E-state index contributed by atoms with van der Waals surface area (Å²) in [6.07, 6.45) is 2.12. The molecule has 2 N–H and O–H groups in total. The van der Waals surface area contributed by atoms with Crippen LogP contribution in [0.5, 0.6) is 5.75 Å². The molecule has 3 rings (SSSR count). The van der Waals surface area contributed by atoms with Gasteiger partial charge in [-0.25, -0.2) is 4.98 Å². The van der Waals surface area contributed by atoms with E-state index in [1.807, 2.05) is 30.5 Å². The highest BCUT2D eigenvalue weighted by Crippen LogP contribution is 2.16. The average molecular weight is 331 g/mol. The number of thiazole rings is 1. The van der Waals surface area contributed by atoms with Crippen LogP contribution < -0.4 is 15.4 Å². The van der Waals surface area contributed by atoms with Gasteiger partial charge < -0.3 is 15.4 Å². The molecule has 1 atom stereocenters. The van der Waals surface area contributed by atoms with Gasteiger partial charge in [-0.1, -0.05) is 6.07 Å². The summed E-state index contributed by atoms with van der Waals surface area (Å²) in [5.74, 6) is 0.638. The molecular weight excluding hydrogens is 310 g/mol. The van der Waals surface area contributed by atoms with Gasteiger partial charge in [-0.15, -0.1) is 11.3 Å². The first kappa shape index (κ1) is 16.0. The van der Waals surface area contributed by atoms with Gasteiger partial charge in [0.25, 0.3) is 5.91 Å². The van der Waals surface area contributed by atoms with E-state index in [9.17, 15) is 4.79 Å². The molecule has 0 aliphatic carbocycles. The van der Waals surface area contributed by atoms with Crippen LogP contribution in [0.25, 0.3) is 0 Å². The highest BCUT2D eigenvalue weighted by Gasteiger charge is 2.16. The summed E-state index contributed by atoms with van der Waals surface area (Å²) in [5.41, 5.74) is 1.54. The molecule has 1 fully saturated rings. The number of aromatic nitrogens is 1. The molecule has 6 heteroatoms. The summed E-state index contributed by atoms with van der Waals surface area (Å²) in [5, 5.41) is 9.38. The van der Waals surface area contributed by atoms with Gasteiger partial charge in [-0.05, 0) is 44.5 Å². The Morgan fingerprint density at radius 1 is 1.52 bits per heavy atom. The lowest BCUT2D eigenvalue weighted by Gasteiger charge is -2.23. The highest BCUT2D eigenvalue weighted by atomic mass is 32.1. The Kier molecular flexibility index (Phi) is 5.25. The molecule has 1 amide bonds. The molecule has 0 spiro atoms. The molecule has 1 saturated heterocycles. The van der Waals surface area contributed by atoms with E-state index in [0.717, 1.165) is 36.6 Å². The summed E-state index contributed by atoms with van der Waals surface area (Å²) >= 11 is 1.61. The van der Waals surface area contributed by atoms with Crippen LogP contribution in [0.4, 0.5) is 0 Å². The highest BCUT2D eigenvalue weighted by molar-refractivity contribution is 7.09. The Hall–Kier alpha value is -1.92. The number of rotatable bonds is 5. The minimum atomic E-state index is -0.0475. The monoisotopic (exact) mass is 331 g/mol. The van der Waals surface area contributed by atoms with Crippen molar-refractivity contribution in [3.8, 4) is 5.75 Å². The van der Waals surface area contributed by atoms with Crippen LogP contribution in [0, 0.1) is 6.92 Å². The number of hydrogen-bond donors (Lipinski definition) is 2. The number of benzene rings is 1. The number of amides is 1. The van der Waals surface area contributed by atoms with E-state index in [0.29, 0.717) is 17.9 Å². The zero-order chi connectivity index (χ0) is 16.1. The lowest BCUT2D eigenvalue weighted by molar-refractivity contribution is 0.0930. The Morgan fingerprint density at radius 3 is 3.17 bits per heavy atom. The predicted molar refractivity (Wildman–Crippen MR) is 91.0 cm³/mol. The summed E-state index contributed by atoms with van der Waals surface area (Å²) in [6, 6.07) is 7.50. The topological polar surface area (TPSA) is 63.2 Å². The first-order chi connectivity index (χ1) is 11.2. The lowest BCUT2D eigenvalue weighted by atomic mass is 10.1. The second-order valence-corrected chi connectivity index (χ2v) is 6.75. The van der Waals surface area contributed by atoms with Gasteiger partial charge in [-0.2, -0.15) is 0 Å². The van der Waals surface area contributed by atoms with Crippen LogP contribution in [-0.2, 0) is 6.61 Å². The second kappa shape index (κ2) is 7.57. The Balaban J connectivity index is 1.58. The van der Waals surface area contributed by atoms with Crippen molar-refractivity contribution in [1.29, 1.82) is 0 Å². The third-order valence-corrected chi connectivity index (χ3v) is 4.60. The number of hydrogen-bond acceptors (Lipinski definition) is 5. The smallest absolute Gasteiger partial charge is 0.251 e. The molecule has 1 aliphatic heterocycles. The fourth-order valence-electron chi connectivity index (χ4n) is 2.60. The zero-order valence-corrected chi connectivity index (χ0v) is 14.0. The summed E-state index contributed by atoms with van der Waals surface area (Å²) in [7, 11) is 0. The van der Waals surface area contributed by atoms with Crippen LogP contribution >= 0.6 is 11.3 Å². The van der Waals surface area contributed by atoms with E-state index in [-0.39, 0.29) is 11.9 Å².